The molecule has 2 unspecified atom stereocenters. The Morgan fingerprint density at radius 2 is 2.25 bits per heavy atom. The maximum atomic E-state index is 10.7. The number of aliphatic carboxylic acids is 1. The van der Waals surface area contributed by atoms with Gasteiger partial charge in [0, 0.05) is 12.5 Å². The molecule has 0 amide bonds. The third-order valence-electron chi connectivity index (χ3n) is 2.94. The van der Waals surface area contributed by atoms with Gasteiger partial charge in [-0.25, -0.2) is 0 Å². The molecule has 2 rings (SSSR count). The maximum absolute atomic E-state index is 10.7. The first-order chi connectivity index (χ1) is 5.70. The van der Waals surface area contributed by atoms with Crippen LogP contribution in [0.4, 0.5) is 0 Å². The largest absolute Gasteiger partial charge is 0.480 e. The van der Waals surface area contributed by atoms with Crippen molar-refractivity contribution in [2.45, 2.75) is 37.5 Å². The molecule has 2 saturated heterocycles. The van der Waals surface area contributed by atoms with E-state index >= 15 is 0 Å². The molecule has 0 aromatic rings. The fraction of sp³-hybridized carbons (Fsp3) is 0.875. The van der Waals surface area contributed by atoms with Gasteiger partial charge in [-0.15, -0.1) is 0 Å². The standard InChI is InChI=1S/C8H13NO3/c10-7-4-6(8(11)12)9-3-1-2-5(7)9/h5-7,10H,1-4H2,(H,11,12)/t5-,6?,7?/m0/s1. The minimum absolute atomic E-state index is 0.117. The van der Waals surface area contributed by atoms with Crippen LogP contribution in [-0.2, 0) is 4.79 Å². The van der Waals surface area contributed by atoms with Gasteiger partial charge in [0.05, 0.1) is 6.10 Å². The number of fused-ring (bicyclic) bond motifs is 1. The van der Waals surface area contributed by atoms with E-state index in [1.165, 1.54) is 0 Å². The summed E-state index contributed by atoms with van der Waals surface area (Å²) in [5.41, 5.74) is 0. The Morgan fingerprint density at radius 3 is 2.92 bits per heavy atom. The van der Waals surface area contributed by atoms with Crippen molar-refractivity contribution in [3.8, 4) is 0 Å². The molecule has 0 bridgehead atoms. The summed E-state index contributed by atoms with van der Waals surface area (Å²) >= 11 is 0. The number of carbonyl (C=O) groups is 1. The second-order valence-electron chi connectivity index (χ2n) is 3.60. The smallest absolute Gasteiger partial charge is 0.321 e. The molecule has 2 heterocycles. The number of aliphatic hydroxyl groups is 1. The van der Waals surface area contributed by atoms with Crippen LogP contribution in [0.2, 0.25) is 0 Å². The molecule has 4 heteroatoms. The van der Waals surface area contributed by atoms with Crippen LogP contribution in [0.25, 0.3) is 0 Å². The summed E-state index contributed by atoms with van der Waals surface area (Å²) in [5.74, 6) is -0.793. The van der Waals surface area contributed by atoms with Crippen LogP contribution in [0.1, 0.15) is 19.3 Å². The molecule has 12 heavy (non-hydrogen) atoms. The highest BCUT2D eigenvalue weighted by atomic mass is 16.4. The van der Waals surface area contributed by atoms with E-state index in [0.717, 1.165) is 19.4 Å². The van der Waals surface area contributed by atoms with Gasteiger partial charge in [0.1, 0.15) is 6.04 Å². The Bertz CT molecular complexity index is 206. The van der Waals surface area contributed by atoms with Crippen molar-refractivity contribution >= 4 is 5.97 Å². The van der Waals surface area contributed by atoms with Crippen molar-refractivity contribution in [1.82, 2.24) is 4.90 Å². The Kier molecular flexibility index (Phi) is 1.81. The molecule has 2 N–H and O–H groups in total. The first-order valence-corrected chi connectivity index (χ1v) is 4.37. The second-order valence-corrected chi connectivity index (χ2v) is 3.60. The molecule has 0 saturated carbocycles. The van der Waals surface area contributed by atoms with Gasteiger partial charge < -0.3 is 10.2 Å². The molecule has 0 aromatic heterocycles. The van der Waals surface area contributed by atoms with Gasteiger partial charge in [-0.1, -0.05) is 0 Å². The molecule has 0 aliphatic carbocycles. The van der Waals surface area contributed by atoms with E-state index in [4.69, 9.17) is 5.11 Å². The first kappa shape index (κ1) is 8.01. The van der Waals surface area contributed by atoms with E-state index in [1.807, 2.05) is 4.90 Å². The number of aliphatic hydroxyl groups excluding tert-OH is 1. The molecule has 4 nitrogen and oxygen atoms in total. The highest BCUT2D eigenvalue weighted by Gasteiger charge is 2.45. The average molecular weight is 171 g/mol. The highest BCUT2D eigenvalue weighted by Crippen LogP contribution is 2.32. The monoisotopic (exact) mass is 171 g/mol. The van der Waals surface area contributed by atoms with E-state index in [2.05, 4.69) is 0 Å². The quantitative estimate of drug-likeness (QED) is 0.567. The Balaban J connectivity index is 2.14. The molecule has 0 aromatic carbocycles. The molecule has 0 radical (unpaired) electrons. The zero-order valence-corrected chi connectivity index (χ0v) is 6.81. The van der Waals surface area contributed by atoms with Crippen molar-refractivity contribution in [2.24, 2.45) is 0 Å². The summed E-state index contributed by atoms with van der Waals surface area (Å²) in [7, 11) is 0. The Hall–Kier alpha value is -0.610. The third kappa shape index (κ3) is 1.03. The zero-order valence-electron chi connectivity index (χ0n) is 6.81. The van der Waals surface area contributed by atoms with Crippen molar-refractivity contribution in [1.29, 1.82) is 0 Å². The van der Waals surface area contributed by atoms with E-state index in [1.54, 1.807) is 0 Å². The van der Waals surface area contributed by atoms with Crippen molar-refractivity contribution in [3.63, 3.8) is 0 Å². The van der Waals surface area contributed by atoms with Gasteiger partial charge in [-0.3, -0.25) is 9.69 Å². The minimum Gasteiger partial charge on any atom is -0.480 e. The molecule has 2 aliphatic heterocycles. The maximum Gasteiger partial charge on any atom is 0.321 e. The minimum atomic E-state index is -0.793. The summed E-state index contributed by atoms with van der Waals surface area (Å²) in [6.45, 7) is 0.832. The molecule has 2 aliphatic rings. The van der Waals surface area contributed by atoms with Gasteiger partial charge in [0.15, 0.2) is 0 Å². The topological polar surface area (TPSA) is 60.8 Å². The van der Waals surface area contributed by atoms with Gasteiger partial charge in [-0.2, -0.15) is 0 Å². The summed E-state index contributed by atoms with van der Waals surface area (Å²) in [4.78, 5) is 12.7. The number of carboxylic acid groups (broad SMARTS) is 1. The van der Waals surface area contributed by atoms with E-state index in [-0.39, 0.29) is 6.04 Å². The van der Waals surface area contributed by atoms with E-state index < -0.39 is 18.1 Å². The predicted octanol–water partition coefficient (Wildman–Crippen LogP) is -0.331. The normalized spacial score (nSPS) is 41.6. The highest BCUT2D eigenvalue weighted by molar-refractivity contribution is 5.74. The average Bonchev–Trinajstić information content (AvgIpc) is 2.53. The van der Waals surface area contributed by atoms with Crippen molar-refractivity contribution in [3.05, 3.63) is 0 Å². The van der Waals surface area contributed by atoms with Crippen LogP contribution >= 0.6 is 0 Å². The van der Waals surface area contributed by atoms with Crippen LogP contribution in [0, 0.1) is 0 Å². The zero-order chi connectivity index (χ0) is 8.72. The number of carboxylic acids is 1. The fourth-order valence-corrected chi connectivity index (χ4v) is 2.38. The number of hydrogen-bond donors (Lipinski definition) is 2. The van der Waals surface area contributed by atoms with Crippen LogP contribution < -0.4 is 0 Å². The Labute approximate surface area is 70.8 Å². The Morgan fingerprint density at radius 1 is 1.50 bits per heavy atom. The molecule has 68 valence electrons. The number of hydrogen-bond acceptors (Lipinski definition) is 3. The van der Waals surface area contributed by atoms with Gasteiger partial charge in [-0.05, 0) is 19.4 Å². The lowest BCUT2D eigenvalue weighted by molar-refractivity contribution is -0.142. The first-order valence-electron chi connectivity index (χ1n) is 4.37. The van der Waals surface area contributed by atoms with Crippen LogP contribution in [0.3, 0.4) is 0 Å². The lowest BCUT2D eigenvalue weighted by Crippen LogP contribution is -2.37. The van der Waals surface area contributed by atoms with Crippen LogP contribution in [-0.4, -0.2) is 45.8 Å². The van der Waals surface area contributed by atoms with E-state index in [0.29, 0.717) is 6.42 Å². The lowest BCUT2D eigenvalue weighted by Gasteiger charge is -2.19. The number of rotatable bonds is 1. The second kappa shape index (κ2) is 2.71. The molecule has 3 atom stereocenters. The molecular weight excluding hydrogens is 158 g/mol. The third-order valence-corrected chi connectivity index (χ3v) is 2.94. The summed E-state index contributed by atoms with van der Waals surface area (Å²) in [6, 6.07) is -0.321. The summed E-state index contributed by atoms with van der Waals surface area (Å²) < 4.78 is 0. The fourth-order valence-electron chi connectivity index (χ4n) is 2.38. The van der Waals surface area contributed by atoms with Crippen molar-refractivity contribution < 1.29 is 15.0 Å². The summed E-state index contributed by atoms with van der Waals surface area (Å²) in [5, 5.41) is 18.3. The van der Waals surface area contributed by atoms with E-state index in [9.17, 15) is 9.90 Å². The number of nitrogens with zero attached hydrogens (tertiary/aromatic N) is 1. The van der Waals surface area contributed by atoms with Crippen LogP contribution in [0.5, 0.6) is 0 Å². The SMILES string of the molecule is O=C(O)C1CC(O)[C@@H]2CCCN12. The van der Waals surface area contributed by atoms with Crippen LogP contribution in [0.15, 0.2) is 0 Å². The predicted molar refractivity (Wildman–Crippen MR) is 41.8 cm³/mol. The van der Waals surface area contributed by atoms with Crippen molar-refractivity contribution in [2.75, 3.05) is 6.54 Å². The lowest BCUT2D eigenvalue weighted by atomic mass is 10.1. The van der Waals surface area contributed by atoms with Gasteiger partial charge in [0.25, 0.3) is 0 Å². The molecule has 2 fully saturated rings. The van der Waals surface area contributed by atoms with Gasteiger partial charge >= 0.3 is 5.97 Å². The summed E-state index contributed by atoms with van der Waals surface area (Å²) in [6.07, 6.45) is 1.95. The van der Waals surface area contributed by atoms with Gasteiger partial charge in [0.2, 0.25) is 0 Å². The molecule has 0 spiro atoms. The molecular formula is C8H13NO3.